The smallest absolute Gasteiger partial charge is 0.224 e. The normalized spacial score (nSPS) is 36.2. The van der Waals surface area contributed by atoms with Gasteiger partial charge in [0.25, 0.3) is 0 Å². The van der Waals surface area contributed by atoms with Crippen molar-refractivity contribution in [2.75, 3.05) is 19.3 Å². The highest BCUT2D eigenvalue weighted by molar-refractivity contribution is 7.88. The number of carbonyl (C=O) groups is 1. The molecule has 1 heterocycles. The molecule has 0 aromatic heterocycles. The summed E-state index contributed by atoms with van der Waals surface area (Å²) >= 11 is 0. The Morgan fingerprint density at radius 1 is 1.00 bits per heavy atom. The average Bonchev–Trinajstić information content (AvgIpc) is 2.54. The molecule has 3 fully saturated rings. The van der Waals surface area contributed by atoms with Crippen LogP contribution in [-0.2, 0) is 14.8 Å². The van der Waals surface area contributed by atoms with Gasteiger partial charge in [0.1, 0.15) is 0 Å². The highest BCUT2D eigenvalue weighted by Gasteiger charge is 2.35. The van der Waals surface area contributed by atoms with E-state index < -0.39 is 10.0 Å². The van der Waals surface area contributed by atoms with Crippen LogP contribution in [0, 0.1) is 17.8 Å². The van der Waals surface area contributed by atoms with E-state index in [1.54, 1.807) is 0 Å². The number of hydrogen-bond acceptors (Lipinski definition) is 3. The quantitative estimate of drug-likeness (QED) is 0.854. The zero-order valence-corrected chi connectivity index (χ0v) is 15.0. The Bertz CT molecular complexity index is 534. The van der Waals surface area contributed by atoms with Crippen molar-refractivity contribution in [3.8, 4) is 0 Å². The lowest BCUT2D eigenvalue weighted by Crippen LogP contribution is -2.48. The third-order valence-corrected chi connectivity index (χ3v) is 7.38. The van der Waals surface area contributed by atoms with Gasteiger partial charge in [0.2, 0.25) is 15.9 Å². The topological polar surface area (TPSA) is 66.5 Å². The van der Waals surface area contributed by atoms with E-state index >= 15 is 0 Å². The Morgan fingerprint density at radius 3 is 2.48 bits per heavy atom. The predicted molar refractivity (Wildman–Crippen MR) is 90.4 cm³/mol. The molecule has 1 N–H and O–H groups in total. The van der Waals surface area contributed by atoms with E-state index in [9.17, 15) is 13.2 Å². The van der Waals surface area contributed by atoms with Crippen LogP contribution in [0.1, 0.15) is 57.8 Å². The first kappa shape index (κ1) is 17.2. The molecule has 0 unspecified atom stereocenters. The Kier molecular flexibility index (Phi) is 5.31. The first-order chi connectivity index (χ1) is 10.9. The number of hydrogen-bond donors (Lipinski definition) is 1. The van der Waals surface area contributed by atoms with Crippen molar-refractivity contribution in [2.24, 2.45) is 17.8 Å². The minimum atomic E-state index is -3.19. The van der Waals surface area contributed by atoms with Gasteiger partial charge in [-0.3, -0.25) is 4.79 Å². The summed E-state index contributed by atoms with van der Waals surface area (Å²) in [7, 11) is -3.19. The van der Waals surface area contributed by atoms with Crippen molar-refractivity contribution in [3.63, 3.8) is 0 Å². The first-order valence-corrected chi connectivity index (χ1v) is 11.0. The third-order valence-electron chi connectivity index (χ3n) is 6.11. The summed E-state index contributed by atoms with van der Waals surface area (Å²) in [6, 6.07) is 0.301. The Labute approximate surface area is 140 Å². The van der Waals surface area contributed by atoms with Crippen LogP contribution in [0.4, 0.5) is 0 Å². The van der Waals surface area contributed by atoms with Crippen molar-refractivity contribution in [1.82, 2.24) is 9.62 Å². The molecule has 0 aromatic carbocycles. The van der Waals surface area contributed by atoms with Crippen molar-refractivity contribution < 1.29 is 13.2 Å². The summed E-state index contributed by atoms with van der Waals surface area (Å²) in [5, 5.41) is 3.23. The molecular formula is C17H30N2O3S. The van der Waals surface area contributed by atoms with E-state index in [-0.39, 0.29) is 11.8 Å². The molecule has 5 nitrogen and oxygen atoms in total. The summed E-state index contributed by atoms with van der Waals surface area (Å²) in [6.07, 6.45) is 11.7. The maximum absolute atomic E-state index is 12.6. The summed E-state index contributed by atoms with van der Waals surface area (Å²) < 4.78 is 24.8. The number of rotatable bonds is 3. The fraction of sp³-hybridized carbons (Fsp3) is 0.941. The summed E-state index contributed by atoms with van der Waals surface area (Å²) in [5.74, 6) is 1.56. The van der Waals surface area contributed by atoms with Gasteiger partial charge in [-0.15, -0.1) is 0 Å². The second-order valence-corrected chi connectivity index (χ2v) is 9.77. The predicted octanol–water partition coefficient (Wildman–Crippen LogP) is 2.13. The molecule has 0 spiro atoms. The molecule has 0 radical (unpaired) electrons. The van der Waals surface area contributed by atoms with E-state index in [1.165, 1.54) is 42.7 Å². The SMILES string of the molecule is CS(=O)(=O)N1CCC[C@H](C(=O)N[C@@H]2CC[C@@H]3CCCC[C@@H]3C2)C1. The molecule has 2 saturated carbocycles. The third kappa shape index (κ3) is 4.27. The van der Waals surface area contributed by atoms with Gasteiger partial charge in [0.15, 0.2) is 0 Å². The van der Waals surface area contributed by atoms with Crippen molar-refractivity contribution in [1.29, 1.82) is 0 Å². The van der Waals surface area contributed by atoms with Crippen LogP contribution in [0.15, 0.2) is 0 Å². The number of fused-ring (bicyclic) bond motifs is 1. The van der Waals surface area contributed by atoms with Crippen LogP contribution in [0.3, 0.4) is 0 Å². The van der Waals surface area contributed by atoms with Gasteiger partial charge < -0.3 is 5.32 Å². The molecule has 23 heavy (non-hydrogen) atoms. The molecule has 0 aromatic rings. The first-order valence-electron chi connectivity index (χ1n) is 9.19. The second kappa shape index (κ2) is 7.09. The summed E-state index contributed by atoms with van der Waals surface area (Å²) in [4.78, 5) is 12.6. The largest absolute Gasteiger partial charge is 0.353 e. The molecule has 1 saturated heterocycles. The van der Waals surface area contributed by atoms with E-state index in [0.717, 1.165) is 37.5 Å². The molecule has 0 bridgehead atoms. The molecule has 6 heteroatoms. The molecule has 3 rings (SSSR count). The van der Waals surface area contributed by atoms with Gasteiger partial charge in [0.05, 0.1) is 12.2 Å². The number of nitrogens with zero attached hydrogens (tertiary/aromatic N) is 1. The maximum Gasteiger partial charge on any atom is 0.224 e. The highest BCUT2D eigenvalue weighted by Crippen LogP contribution is 2.40. The lowest BCUT2D eigenvalue weighted by molar-refractivity contribution is -0.127. The monoisotopic (exact) mass is 342 g/mol. The van der Waals surface area contributed by atoms with Gasteiger partial charge >= 0.3 is 0 Å². The van der Waals surface area contributed by atoms with Crippen LogP contribution in [0.25, 0.3) is 0 Å². The number of amides is 1. The summed E-state index contributed by atoms with van der Waals surface area (Å²) in [6.45, 7) is 0.902. The number of piperidine rings is 1. The molecule has 1 amide bonds. The number of nitrogens with one attached hydrogen (secondary N) is 1. The average molecular weight is 343 g/mol. The van der Waals surface area contributed by atoms with Crippen LogP contribution in [-0.4, -0.2) is 44.0 Å². The molecule has 2 aliphatic carbocycles. The minimum absolute atomic E-state index is 0.0672. The molecule has 1 aliphatic heterocycles. The molecule has 132 valence electrons. The molecule has 4 atom stereocenters. The number of carbonyl (C=O) groups excluding carboxylic acids is 1. The van der Waals surface area contributed by atoms with E-state index in [4.69, 9.17) is 0 Å². The second-order valence-electron chi connectivity index (χ2n) is 7.78. The van der Waals surface area contributed by atoms with E-state index in [0.29, 0.717) is 19.1 Å². The van der Waals surface area contributed by atoms with Gasteiger partial charge in [-0.05, 0) is 43.9 Å². The summed E-state index contributed by atoms with van der Waals surface area (Å²) in [5.41, 5.74) is 0. The van der Waals surface area contributed by atoms with E-state index in [1.807, 2.05) is 0 Å². The zero-order chi connectivity index (χ0) is 16.4. The maximum atomic E-state index is 12.6. The van der Waals surface area contributed by atoms with Gasteiger partial charge in [-0.2, -0.15) is 0 Å². The van der Waals surface area contributed by atoms with E-state index in [2.05, 4.69) is 5.32 Å². The Morgan fingerprint density at radius 2 is 1.74 bits per heavy atom. The van der Waals surface area contributed by atoms with Crippen molar-refractivity contribution >= 4 is 15.9 Å². The fourth-order valence-electron chi connectivity index (χ4n) is 4.78. The standard InChI is InChI=1S/C17H30N2O3S/c1-23(21,22)19-10-4-7-15(12-19)17(20)18-16-9-8-13-5-2-3-6-14(13)11-16/h13-16H,2-12H2,1H3,(H,18,20)/t13-,14+,15-,16+/m0/s1. The fourth-order valence-corrected chi connectivity index (χ4v) is 5.69. The van der Waals surface area contributed by atoms with Gasteiger partial charge in [-0.1, -0.05) is 25.7 Å². The highest BCUT2D eigenvalue weighted by atomic mass is 32.2. The van der Waals surface area contributed by atoms with Crippen LogP contribution < -0.4 is 5.32 Å². The lowest BCUT2D eigenvalue weighted by atomic mass is 9.69. The zero-order valence-electron chi connectivity index (χ0n) is 14.2. The molecule has 3 aliphatic rings. The van der Waals surface area contributed by atoms with Gasteiger partial charge in [0, 0.05) is 19.1 Å². The van der Waals surface area contributed by atoms with Crippen molar-refractivity contribution in [3.05, 3.63) is 0 Å². The van der Waals surface area contributed by atoms with Gasteiger partial charge in [-0.25, -0.2) is 12.7 Å². The minimum Gasteiger partial charge on any atom is -0.353 e. The Hall–Kier alpha value is -0.620. The molecular weight excluding hydrogens is 312 g/mol. The van der Waals surface area contributed by atoms with Crippen molar-refractivity contribution in [2.45, 2.75) is 63.8 Å². The number of sulfonamides is 1. The van der Waals surface area contributed by atoms with Crippen LogP contribution in [0.5, 0.6) is 0 Å². The lowest BCUT2D eigenvalue weighted by Gasteiger charge is -2.40. The van der Waals surface area contributed by atoms with Crippen LogP contribution >= 0.6 is 0 Å². The Balaban J connectivity index is 1.52. The van der Waals surface area contributed by atoms with Crippen LogP contribution in [0.2, 0.25) is 0 Å².